The summed E-state index contributed by atoms with van der Waals surface area (Å²) in [4.78, 5) is 21.3. The fraction of sp³-hybridized carbons (Fsp3) is 0.189. The molecule has 0 radical (unpaired) electrons. The summed E-state index contributed by atoms with van der Waals surface area (Å²) in [5.74, 6) is 1.41. The number of aromatic nitrogens is 5. The van der Waals surface area contributed by atoms with Gasteiger partial charge in [-0.25, -0.2) is 0 Å². The predicted octanol–water partition coefficient (Wildman–Crippen LogP) is 6.66. The lowest BCUT2D eigenvalue weighted by atomic mass is 9.96. The van der Waals surface area contributed by atoms with E-state index in [9.17, 15) is 4.79 Å². The van der Waals surface area contributed by atoms with E-state index in [0.717, 1.165) is 43.0 Å². The van der Waals surface area contributed by atoms with Gasteiger partial charge in [-0.2, -0.15) is 0 Å². The van der Waals surface area contributed by atoms with Crippen molar-refractivity contribution in [2.45, 2.75) is 44.7 Å². The van der Waals surface area contributed by atoms with E-state index in [1.54, 1.807) is 12.3 Å². The molecule has 3 aromatic heterocycles. The Morgan fingerprint density at radius 3 is 2.61 bits per heavy atom. The molecule has 0 spiro atoms. The number of H-pyrrole nitrogens is 1. The molecule has 1 amide bonds. The molecule has 3 aromatic carbocycles. The Bertz CT molecular complexity index is 1920. The van der Waals surface area contributed by atoms with Gasteiger partial charge in [-0.05, 0) is 70.5 Å². The summed E-state index contributed by atoms with van der Waals surface area (Å²) >= 11 is 0. The van der Waals surface area contributed by atoms with E-state index in [2.05, 4.69) is 105 Å². The highest BCUT2D eigenvalue weighted by Crippen LogP contribution is 2.28. The number of carbonyl (C=O) groups is 1. The maximum Gasteiger partial charge on any atom is 0.270 e. The second-order valence-corrected chi connectivity index (χ2v) is 11.3. The zero-order valence-corrected chi connectivity index (χ0v) is 24.5. The first-order chi connectivity index (χ1) is 21.7. The minimum Gasteiger partial charge on any atom is -0.361 e. The molecule has 0 aliphatic heterocycles. The van der Waals surface area contributed by atoms with E-state index in [0.29, 0.717) is 18.7 Å². The number of amides is 1. The van der Waals surface area contributed by atoms with Gasteiger partial charge < -0.3 is 14.9 Å². The molecular formula is C37H34N6O. The van der Waals surface area contributed by atoms with Crippen LogP contribution in [0.5, 0.6) is 0 Å². The van der Waals surface area contributed by atoms with Crippen molar-refractivity contribution in [1.82, 2.24) is 30.0 Å². The summed E-state index contributed by atoms with van der Waals surface area (Å²) in [5.41, 5.74) is 6.43. The molecule has 3 heterocycles. The number of aromatic amines is 1. The third kappa shape index (κ3) is 5.81. The summed E-state index contributed by atoms with van der Waals surface area (Å²) in [6, 6.07) is 30.3. The van der Waals surface area contributed by atoms with E-state index in [-0.39, 0.29) is 5.91 Å². The van der Waals surface area contributed by atoms with E-state index in [4.69, 9.17) is 10.2 Å². The molecule has 7 heteroatoms. The zero-order chi connectivity index (χ0) is 29.7. The normalized spacial score (nSPS) is 13.1. The van der Waals surface area contributed by atoms with Crippen LogP contribution in [0.4, 0.5) is 0 Å². The molecule has 218 valence electrons. The number of aryl methyl sites for hydroxylation is 2. The molecule has 0 saturated heterocycles. The van der Waals surface area contributed by atoms with Crippen molar-refractivity contribution in [3.8, 4) is 0 Å². The van der Waals surface area contributed by atoms with Crippen LogP contribution in [0.25, 0.3) is 16.8 Å². The fourth-order valence-electron chi connectivity index (χ4n) is 6.19. The van der Waals surface area contributed by atoms with Crippen LogP contribution in [0.1, 0.15) is 62.5 Å². The SMILES string of the molecule is O=C(N[C@H](Cc1c[nH]c2c1CCC=C2)c1nnc(CCc2ccccc2)n1Cc1cccc2ccccc12)c1ccccn1. The van der Waals surface area contributed by atoms with Crippen molar-refractivity contribution < 1.29 is 4.79 Å². The van der Waals surface area contributed by atoms with Gasteiger partial charge in [0, 0.05) is 30.9 Å². The quantitative estimate of drug-likeness (QED) is 0.190. The van der Waals surface area contributed by atoms with Gasteiger partial charge in [0.15, 0.2) is 5.82 Å². The van der Waals surface area contributed by atoms with E-state index in [1.807, 2.05) is 18.2 Å². The molecule has 2 N–H and O–H groups in total. The first-order valence-electron chi connectivity index (χ1n) is 15.2. The highest BCUT2D eigenvalue weighted by atomic mass is 16.2. The Kier molecular flexibility index (Phi) is 7.83. The topological polar surface area (TPSA) is 88.5 Å². The van der Waals surface area contributed by atoms with Crippen molar-refractivity contribution in [3.63, 3.8) is 0 Å². The van der Waals surface area contributed by atoms with Gasteiger partial charge in [0.2, 0.25) is 0 Å². The molecule has 1 aliphatic rings. The van der Waals surface area contributed by atoms with Crippen molar-refractivity contribution in [2.24, 2.45) is 0 Å². The predicted molar refractivity (Wildman–Crippen MR) is 173 cm³/mol. The third-order valence-corrected chi connectivity index (χ3v) is 8.44. The number of nitrogens with zero attached hydrogens (tertiary/aromatic N) is 4. The van der Waals surface area contributed by atoms with Crippen LogP contribution in [0.3, 0.4) is 0 Å². The number of carbonyl (C=O) groups excluding carboxylic acids is 1. The molecule has 0 bridgehead atoms. The van der Waals surface area contributed by atoms with Crippen molar-refractivity contribution in [3.05, 3.63) is 155 Å². The largest absolute Gasteiger partial charge is 0.361 e. The number of benzene rings is 3. The maximum absolute atomic E-state index is 13.6. The Morgan fingerprint density at radius 2 is 1.73 bits per heavy atom. The van der Waals surface area contributed by atoms with Crippen LogP contribution in [-0.2, 0) is 32.2 Å². The van der Waals surface area contributed by atoms with Gasteiger partial charge in [-0.15, -0.1) is 10.2 Å². The number of rotatable bonds is 10. The summed E-state index contributed by atoms with van der Waals surface area (Å²) in [6.45, 7) is 0.595. The fourth-order valence-corrected chi connectivity index (χ4v) is 6.19. The Balaban J connectivity index is 1.30. The molecule has 7 rings (SSSR count). The number of allylic oxidation sites excluding steroid dienone is 1. The molecule has 0 fully saturated rings. The van der Waals surface area contributed by atoms with Crippen LogP contribution >= 0.6 is 0 Å². The van der Waals surface area contributed by atoms with Crippen LogP contribution in [0, 0.1) is 0 Å². The standard InChI is InChI=1S/C37H34N6O/c44-37(33-19-8-9-22-38-33)40-34(23-29-24-39-32-18-7-6-17-31(29)32)36-42-41-35(21-20-26-11-2-1-3-12-26)43(36)25-28-15-10-14-27-13-4-5-16-30(27)28/h1-5,7-16,18-19,22,24,34,39H,6,17,20-21,23,25H2,(H,40,44)/t34-/m1/s1. The van der Waals surface area contributed by atoms with Gasteiger partial charge in [-0.3, -0.25) is 9.78 Å². The van der Waals surface area contributed by atoms with Crippen LogP contribution in [0.15, 0.2) is 109 Å². The molecular weight excluding hydrogens is 544 g/mol. The number of nitrogens with one attached hydrogen (secondary N) is 2. The first kappa shape index (κ1) is 27.5. The molecule has 1 atom stereocenters. The van der Waals surface area contributed by atoms with Crippen LogP contribution in [0.2, 0.25) is 0 Å². The smallest absolute Gasteiger partial charge is 0.270 e. The lowest BCUT2D eigenvalue weighted by Gasteiger charge is -2.21. The Labute approximate surface area is 256 Å². The summed E-state index contributed by atoms with van der Waals surface area (Å²) < 4.78 is 2.22. The maximum atomic E-state index is 13.6. The minimum absolute atomic E-state index is 0.231. The number of hydrogen-bond acceptors (Lipinski definition) is 4. The zero-order valence-electron chi connectivity index (χ0n) is 24.5. The summed E-state index contributed by atoms with van der Waals surface area (Å²) in [5, 5.41) is 15.2. The van der Waals surface area contributed by atoms with Gasteiger partial charge in [0.25, 0.3) is 5.91 Å². The van der Waals surface area contributed by atoms with Gasteiger partial charge in [-0.1, -0.05) is 84.9 Å². The molecule has 1 aliphatic carbocycles. The number of hydrogen-bond donors (Lipinski definition) is 2. The Hall–Kier alpha value is -5.30. The lowest BCUT2D eigenvalue weighted by Crippen LogP contribution is -2.33. The van der Waals surface area contributed by atoms with E-state index >= 15 is 0 Å². The van der Waals surface area contributed by atoms with Crippen molar-refractivity contribution >= 4 is 22.8 Å². The summed E-state index contributed by atoms with van der Waals surface area (Å²) in [6.07, 6.45) is 12.2. The van der Waals surface area contributed by atoms with Gasteiger partial charge in [0.05, 0.1) is 12.6 Å². The second kappa shape index (κ2) is 12.5. The van der Waals surface area contributed by atoms with Gasteiger partial charge in [0.1, 0.15) is 11.5 Å². The number of fused-ring (bicyclic) bond motifs is 2. The highest BCUT2D eigenvalue weighted by molar-refractivity contribution is 5.92. The van der Waals surface area contributed by atoms with E-state index < -0.39 is 6.04 Å². The van der Waals surface area contributed by atoms with E-state index in [1.165, 1.54) is 33.0 Å². The average Bonchev–Trinajstić information content (AvgIpc) is 3.68. The molecule has 0 saturated carbocycles. The monoisotopic (exact) mass is 578 g/mol. The minimum atomic E-state index is -0.414. The Morgan fingerprint density at radius 1 is 0.886 bits per heavy atom. The summed E-state index contributed by atoms with van der Waals surface area (Å²) in [7, 11) is 0. The number of pyridine rings is 1. The average molecular weight is 579 g/mol. The van der Waals surface area contributed by atoms with Gasteiger partial charge >= 0.3 is 0 Å². The third-order valence-electron chi connectivity index (χ3n) is 8.44. The molecule has 7 nitrogen and oxygen atoms in total. The second-order valence-electron chi connectivity index (χ2n) is 11.3. The van der Waals surface area contributed by atoms with Crippen molar-refractivity contribution in [2.75, 3.05) is 0 Å². The lowest BCUT2D eigenvalue weighted by molar-refractivity contribution is 0.0929. The molecule has 0 unspecified atom stereocenters. The first-order valence-corrected chi connectivity index (χ1v) is 15.2. The van der Waals surface area contributed by atoms with Crippen LogP contribution < -0.4 is 5.32 Å². The van der Waals surface area contributed by atoms with Crippen LogP contribution in [-0.4, -0.2) is 30.6 Å². The highest BCUT2D eigenvalue weighted by Gasteiger charge is 2.27. The molecule has 44 heavy (non-hydrogen) atoms. The molecule has 6 aromatic rings. The van der Waals surface area contributed by atoms with Crippen molar-refractivity contribution in [1.29, 1.82) is 0 Å².